The zero-order valence-corrected chi connectivity index (χ0v) is 10.4. The number of hydrogen-bond donors (Lipinski definition) is 2. The fraction of sp³-hybridized carbons (Fsp3) is 0.462. The van der Waals surface area contributed by atoms with Gasteiger partial charge in [0.05, 0.1) is 12.3 Å². The summed E-state index contributed by atoms with van der Waals surface area (Å²) in [6.45, 7) is 4.86. The highest BCUT2D eigenvalue weighted by molar-refractivity contribution is 5.93. The van der Waals surface area contributed by atoms with Gasteiger partial charge in [-0.3, -0.25) is 4.79 Å². The van der Waals surface area contributed by atoms with Crippen LogP contribution in [0.3, 0.4) is 0 Å². The third kappa shape index (κ3) is 3.98. The molecule has 1 unspecified atom stereocenters. The van der Waals surface area contributed by atoms with Crippen LogP contribution in [0.15, 0.2) is 18.2 Å². The van der Waals surface area contributed by atoms with E-state index in [-0.39, 0.29) is 0 Å². The van der Waals surface area contributed by atoms with Crippen LogP contribution in [-0.4, -0.2) is 12.5 Å². The van der Waals surface area contributed by atoms with Crippen LogP contribution in [0.5, 0.6) is 5.75 Å². The van der Waals surface area contributed by atoms with E-state index in [2.05, 4.69) is 13.8 Å². The van der Waals surface area contributed by atoms with Crippen LogP contribution in [0, 0.1) is 5.92 Å². The molecule has 0 saturated heterocycles. The van der Waals surface area contributed by atoms with E-state index in [1.54, 1.807) is 18.2 Å². The SMILES string of the molecule is CCCC(C)COc1cc(C(N)=O)ccc1N. The number of nitrogen functional groups attached to an aromatic ring is 1. The maximum Gasteiger partial charge on any atom is 0.248 e. The Labute approximate surface area is 102 Å². The van der Waals surface area contributed by atoms with Crippen molar-refractivity contribution in [1.29, 1.82) is 0 Å². The molecule has 0 radical (unpaired) electrons. The Morgan fingerprint density at radius 3 is 2.76 bits per heavy atom. The van der Waals surface area contributed by atoms with Crippen LogP contribution in [-0.2, 0) is 0 Å². The Morgan fingerprint density at radius 1 is 1.47 bits per heavy atom. The highest BCUT2D eigenvalue weighted by Gasteiger charge is 2.08. The summed E-state index contributed by atoms with van der Waals surface area (Å²) in [6.07, 6.45) is 2.23. The molecule has 1 rings (SSSR count). The molecule has 0 aliphatic rings. The molecule has 1 amide bonds. The summed E-state index contributed by atoms with van der Waals surface area (Å²) in [4.78, 5) is 11.0. The summed E-state index contributed by atoms with van der Waals surface area (Å²) in [7, 11) is 0. The summed E-state index contributed by atoms with van der Waals surface area (Å²) in [6, 6.07) is 4.83. The number of carbonyl (C=O) groups is 1. The van der Waals surface area contributed by atoms with Gasteiger partial charge in [-0.05, 0) is 30.5 Å². The van der Waals surface area contributed by atoms with Crippen molar-refractivity contribution in [3.05, 3.63) is 23.8 Å². The molecule has 0 fully saturated rings. The second-order valence-corrected chi connectivity index (χ2v) is 4.32. The van der Waals surface area contributed by atoms with Crippen LogP contribution in [0.1, 0.15) is 37.0 Å². The van der Waals surface area contributed by atoms with Crippen LogP contribution in [0.25, 0.3) is 0 Å². The highest BCUT2D eigenvalue weighted by atomic mass is 16.5. The normalized spacial score (nSPS) is 12.1. The molecule has 1 aromatic rings. The predicted octanol–water partition coefficient (Wildman–Crippen LogP) is 2.18. The van der Waals surface area contributed by atoms with Crippen molar-refractivity contribution < 1.29 is 9.53 Å². The average molecular weight is 236 g/mol. The van der Waals surface area contributed by atoms with Gasteiger partial charge in [0.2, 0.25) is 5.91 Å². The number of hydrogen-bond acceptors (Lipinski definition) is 3. The third-order valence-electron chi connectivity index (χ3n) is 2.60. The molecule has 17 heavy (non-hydrogen) atoms. The van der Waals surface area contributed by atoms with Crippen molar-refractivity contribution in [2.75, 3.05) is 12.3 Å². The van der Waals surface area contributed by atoms with Crippen LogP contribution in [0.4, 0.5) is 5.69 Å². The van der Waals surface area contributed by atoms with E-state index in [1.807, 2.05) is 0 Å². The van der Waals surface area contributed by atoms with E-state index >= 15 is 0 Å². The van der Waals surface area contributed by atoms with Gasteiger partial charge in [0.25, 0.3) is 0 Å². The minimum atomic E-state index is -0.476. The fourth-order valence-electron chi connectivity index (χ4n) is 1.62. The Kier molecular flexibility index (Phi) is 4.82. The summed E-state index contributed by atoms with van der Waals surface area (Å²) >= 11 is 0. The van der Waals surface area contributed by atoms with Gasteiger partial charge < -0.3 is 16.2 Å². The first-order valence-corrected chi connectivity index (χ1v) is 5.86. The number of carbonyl (C=O) groups excluding carboxylic acids is 1. The summed E-state index contributed by atoms with van der Waals surface area (Å²) < 4.78 is 5.61. The van der Waals surface area contributed by atoms with E-state index in [4.69, 9.17) is 16.2 Å². The minimum Gasteiger partial charge on any atom is -0.491 e. The zero-order chi connectivity index (χ0) is 12.8. The number of benzene rings is 1. The molecular weight excluding hydrogens is 216 g/mol. The number of ether oxygens (including phenoxy) is 1. The largest absolute Gasteiger partial charge is 0.491 e. The van der Waals surface area contributed by atoms with Gasteiger partial charge in [-0.15, -0.1) is 0 Å². The highest BCUT2D eigenvalue weighted by Crippen LogP contribution is 2.23. The van der Waals surface area contributed by atoms with Crippen molar-refractivity contribution >= 4 is 11.6 Å². The second kappa shape index (κ2) is 6.13. The summed E-state index contributed by atoms with van der Waals surface area (Å²) in [5.41, 5.74) is 11.9. The molecular formula is C13H20N2O2. The van der Waals surface area contributed by atoms with Crippen LogP contribution >= 0.6 is 0 Å². The Balaban J connectivity index is 2.69. The van der Waals surface area contributed by atoms with Gasteiger partial charge in [0.1, 0.15) is 5.75 Å². The molecule has 0 heterocycles. The molecule has 4 nitrogen and oxygen atoms in total. The van der Waals surface area contributed by atoms with Crippen molar-refractivity contribution in [3.63, 3.8) is 0 Å². The molecule has 0 aliphatic heterocycles. The van der Waals surface area contributed by atoms with Crippen molar-refractivity contribution in [3.8, 4) is 5.75 Å². The third-order valence-corrected chi connectivity index (χ3v) is 2.60. The van der Waals surface area contributed by atoms with E-state index < -0.39 is 5.91 Å². The molecule has 1 aromatic carbocycles. The lowest BCUT2D eigenvalue weighted by Crippen LogP contribution is -2.13. The van der Waals surface area contributed by atoms with Crippen molar-refractivity contribution in [2.45, 2.75) is 26.7 Å². The maximum atomic E-state index is 11.0. The van der Waals surface area contributed by atoms with Gasteiger partial charge in [0, 0.05) is 5.56 Å². The molecule has 0 saturated carbocycles. The lowest BCUT2D eigenvalue weighted by atomic mass is 10.1. The van der Waals surface area contributed by atoms with E-state index in [0.29, 0.717) is 29.5 Å². The minimum absolute atomic E-state index is 0.414. The molecule has 4 heteroatoms. The monoisotopic (exact) mass is 236 g/mol. The zero-order valence-electron chi connectivity index (χ0n) is 10.4. The first-order chi connectivity index (χ1) is 8.04. The molecule has 4 N–H and O–H groups in total. The van der Waals surface area contributed by atoms with Crippen LogP contribution in [0.2, 0.25) is 0 Å². The lowest BCUT2D eigenvalue weighted by molar-refractivity contribution is 0.1000. The Morgan fingerprint density at radius 2 is 2.18 bits per heavy atom. The molecule has 0 spiro atoms. The Hall–Kier alpha value is -1.71. The van der Waals surface area contributed by atoms with Gasteiger partial charge in [0.15, 0.2) is 0 Å². The molecule has 0 bridgehead atoms. The fourth-order valence-corrected chi connectivity index (χ4v) is 1.62. The molecule has 1 atom stereocenters. The average Bonchev–Trinajstić information content (AvgIpc) is 2.28. The van der Waals surface area contributed by atoms with E-state index in [0.717, 1.165) is 12.8 Å². The second-order valence-electron chi connectivity index (χ2n) is 4.32. The van der Waals surface area contributed by atoms with E-state index in [9.17, 15) is 4.79 Å². The molecule has 0 aromatic heterocycles. The standard InChI is InChI=1S/C13H20N2O2/c1-3-4-9(2)8-17-12-7-10(13(15)16)5-6-11(12)14/h5-7,9H,3-4,8,14H2,1-2H3,(H2,15,16). The van der Waals surface area contributed by atoms with Gasteiger partial charge in [-0.25, -0.2) is 0 Å². The number of amides is 1. The first kappa shape index (κ1) is 13.4. The Bertz CT molecular complexity index is 391. The summed E-state index contributed by atoms with van der Waals surface area (Å²) in [5.74, 6) is 0.525. The van der Waals surface area contributed by atoms with Crippen molar-refractivity contribution in [1.82, 2.24) is 0 Å². The van der Waals surface area contributed by atoms with E-state index in [1.165, 1.54) is 0 Å². The predicted molar refractivity (Wildman–Crippen MR) is 68.9 cm³/mol. The number of nitrogens with two attached hydrogens (primary N) is 2. The van der Waals surface area contributed by atoms with Gasteiger partial charge in [-0.1, -0.05) is 20.3 Å². The first-order valence-electron chi connectivity index (χ1n) is 5.86. The molecule has 0 aliphatic carbocycles. The number of primary amides is 1. The quantitative estimate of drug-likeness (QED) is 0.743. The molecule has 94 valence electrons. The smallest absolute Gasteiger partial charge is 0.248 e. The lowest BCUT2D eigenvalue weighted by Gasteiger charge is -2.14. The van der Waals surface area contributed by atoms with Crippen LogP contribution < -0.4 is 16.2 Å². The number of rotatable bonds is 6. The van der Waals surface area contributed by atoms with Gasteiger partial charge in [-0.2, -0.15) is 0 Å². The topological polar surface area (TPSA) is 78.3 Å². The summed E-state index contributed by atoms with van der Waals surface area (Å²) in [5, 5.41) is 0. The van der Waals surface area contributed by atoms with Gasteiger partial charge >= 0.3 is 0 Å². The maximum absolute atomic E-state index is 11.0. The number of anilines is 1. The van der Waals surface area contributed by atoms with Crippen molar-refractivity contribution in [2.24, 2.45) is 11.7 Å².